The minimum atomic E-state index is -0.336. The van der Waals surface area contributed by atoms with Crippen LogP contribution in [0.3, 0.4) is 0 Å². The van der Waals surface area contributed by atoms with Crippen LogP contribution >= 0.6 is 22.7 Å². The number of benzene rings is 1. The summed E-state index contributed by atoms with van der Waals surface area (Å²) in [7, 11) is 0. The molecule has 0 radical (unpaired) electrons. The van der Waals surface area contributed by atoms with Crippen molar-refractivity contribution in [2.24, 2.45) is 0 Å². The summed E-state index contributed by atoms with van der Waals surface area (Å²) in [5.74, 6) is -0.665. The summed E-state index contributed by atoms with van der Waals surface area (Å²) in [5, 5.41) is 15.4. The highest BCUT2D eigenvalue weighted by molar-refractivity contribution is 7.16. The number of amides is 2. The van der Waals surface area contributed by atoms with E-state index in [0.29, 0.717) is 15.8 Å². The predicted molar refractivity (Wildman–Crippen MR) is 105 cm³/mol. The lowest BCUT2D eigenvalue weighted by atomic mass is 9.90. The Kier molecular flexibility index (Phi) is 4.95. The Labute approximate surface area is 163 Å². The molecule has 0 saturated heterocycles. The van der Waals surface area contributed by atoms with Crippen molar-refractivity contribution in [3.05, 3.63) is 51.5 Å². The van der Waals surface area contributed by atoms with Gasteiger partial charge < -0.3 is 0 Å². The molecule has 1 atom stereocenters. The Morgan fingerprint density at radius 3 is 2.63 bits per heavy atom. The molecule has 0 fully saturated rings. The minimum Gasteiger partial charge on any atom is -0.300 e. The van der Waals surface area contributed by atoms with Gasteiger partial charge in [0.25, 0.3) is 5.91 Å². The number of carbonyl (C=O) groups excluding carboxylic acids is 2. The molecule has 138 valence electrons. The van der Waals surface area contributed by atoms with Crippen LogP contribution in [0.1, 0.15) is 44.7 Å². The van der Waals surface area contributed by atoms with Gasteiger partial charge in [0.05, 0.1) is 11.6 Å². The van der Waals surface area contributed by atoms with Crippen LogP contribution in [-0.4, -0.2) is 27.0 Å². The molecule has 2 N–H and O–H groups in total. The number of aryl methyl sites for hydroxylation is 2. The van der Waals surface area contributed by atoms with Gasteiger partial charge in [-0.1, -0.05) is 29.5 Å². The van der Waals surface area contributed by atoms with Crippen LogP contribution in [0, 0.1) is 6.92 Å². The first-order valence-electron chi connectivity index (χ1n) is 8.57. The third kappa shape index (κ3) is 3.88. The number of hydrogen-bond donors (Lipinski definition) is 2. The fraction of sp³-hybridized carbons (Fsp3) is 0.278. The maximum atomic E-state index is 12.7. The summed E-state index contributed by atoms with van der Waals surface area (Å²) >= 11 is 2.79. The van der Waals surface area contributed by atoms with Gasteiger partial charge in [-0.15, -0.1) is 21.5 Å². The molecule has 0 saturated carbocycles. The third-order valence-corrected chi connectivity index (χ3v) is 6.08. The van der Waals surface area contributed by atoms with E-state index in [2.05, 4.69) is 25.8 Å². The van der Waals surface area contributed by atoms with E-state index in [4.69, 9.17) is 0 Å². The van der Waals surface area contributed by atoms with Crippen molar-refractivity contribution in [1.29, 1.82) is 0 Å². The number of nitrogens with one attached hydrogen (secondary N) is 2. The number of thiazole rings is 1. The van der Waals surface area contributed by atoms with Crippen molar-refractivity contribution in [2.75, 3.05) is 10.6 Å². The average molecular weight is 400 g/mol. The van der Waals surface area contributed by atoms with Crippen LogP contribution in [0.4, 0.5) is 10.3 Å². The van der Waals surface area contributed by atoms with Crippen molar-refractivity contribution in [2.45, 2.75) is 32.1 Å². The van der Waals surface area contributed by atoms with Gasteiger partial charge in [0.2, 0.25) is 11.0 Å². The quantitative estimate of drug-likeness (QED) is 0.698. The average Bonchev–Trinajstić information content (AvgIpc) is 3.27. The molecule has 2 aromatic heterocycles. The van der Waals surface area contributed by atoms with E-state index in [1.807, 2.05) is 25.1 Å². The highest BCUT2D eigenvalue weighted by Crippen LogP contribution is 2.37. The summed E-state index contributed by atoms with van der Waals surface area (Å²) in [4.78, 5) is 30.7. The monoisotopic (exact) mass is 399 g/mol. The standard InChI is InChI=1S/C18H17N5O2S2/c1-10-22-23-18(26-10)21-16(25)12-8-5-9-13-14(12)19-17(27-13)20-15(24)11-6-3-2-4-7-11/h2-4,6-7,12H,5,8-9H2,1H3,(H,19,20,24)(H,21,23,25). The Morgan fingerprint density at radius 1 is 1.07 bits per heavy atom. The smallest absolute Gasteiger partial charge is 0.257 e. The SMILES string of the molecule is Cc1nnc(NC(=O)C2CCCc3sc(NC(=O)c4ccccc4)nc32)s1. The molecule has 2 heterocycles. The maximum Gasteiger partial charge on any atom is 0.257 e. The molecule has 0 spiro atoms. The Bertz CT molecular complexity index is 983. The molecule has 3 aromatic rings. The second-order valence-corrected chi connectivity index (χ2v) is 8.47. The minimum absolute atomic E-state index is 0.127. The third-order valence-electron chi connectivity index (χ3n) is 4.28. The second-order valence-electron chi connectivity index (χ2n) is 6.21. The Hall–Kier alpha value is -2.65. The first-order valence-corrected chi connectivity index (χ1v) is 10.2. The maximum absolute atomic E-state index is 12.7. The van der Waals surface area contributed by atoms with Crippen molar-refractivity contribution in [3.63, 3.8) is 0 Å². The van der Waals surface area contributed by atoms with E-state index in [1.165, 1.54) is 22.7 Å². The molecule has 7 nitrogen and oxygen atoms in total. The molecule has 1 unspecified atom stereocenters. The predicted octanol–water partition coefficient (Wildman–Crippen LogP) is 3.61. The van der Waals surface area contributed by atoms with E-state index in [0.717, 1.165) is 34.8 Å². The van der Waals surface area contributed by atoms with Gasteiger partial charge in [0.15, 0.2) is 5.13 Å². The highest BCUT2D eigenvalue weighted by atomic mass is 32.1. The number of hydrogen-bond acceptors (Lipinski definition) is 7. The largest absolute Gasteiger partial charge is 0.300 e. The van der Waals surface area contributed by atoms with Crippen LogP contribution in [0.25, 0.3) is 0 Å². The number of rotatable bonds is 4. The molecule has 27 heavy (non-hydrogen) atoms. The number of carbonyl (C=O) groups is 2. The molecule has 0 bridgehead atoms. The van der Waals surface area contributed by atoms with Gasteiger partial charge in [-0.05, 0) is 38.3 Å². The number of fused-ring (bicyclic) bond motifs is 1. The van der Waals surface area contributed by atoms with E-state index < -0.39 is 0 Å². The van der Waals surface area contributed by atoms with Crippen LogP contribution in [-0.2, 0) is 11.2 Å². The fourth-order valence-electron chi connectivity index (χ4n) is 3.03. The summed E-state index contributed by atoms with van der Waals surface area (Å²) in [6.07, 6.45) is 2.51. The Balaban J connectivity index is 1.51. The molecule has 1 aliphatic rings. The highest BCUT2D eigenvalue weighted by Gasteiger charge is 2.31. The molecule has 0 aliphatic heterocycles. The first kappa shape index (κ1) is 17.7. The number of nitrogens with zero attached hydrogens (tertiary/aromatic N) is 3. The Morgan fingerprint density at radius 2 is 1.89 bits per heavy atom. The van der Waals surface area contributed by atoms with Gasteiger partial charge in [0.1, 0.15) is 5.01 Å². The lowest BCUT2D eigenvalue weighted by molar-refractivity contribution is -0.117. The van der Waals surface area contributed by atoms with Crippen LogP contribution < -0.4 is 10.6 Å². The van der Waals surface area contributed by atoms with E-state index in [-0.39, 0.29) is 17.7 Å². The van der Waals surface area contributed by atoms with Crippen LogP contribution in [0.5, 0.6) is 0 Å². The normalized spacial score (nSPS) is 15.8. The summed E-state index contributed by atoms with van der Waals surface area (Å²) < 4.78 is 0. The summed E-state index contributed by atoms with van der Waals surface area (Å²) in [6.45, 7) is 1.84. The van der Waals surface area contributed by atoms with Crippen molar-refractivity contribution >= 4 is 44.8 Å². The zero-order chi connectivity index (χ0) is 18.8. The van der Waals surface area contributed by atoms with Gasteiger partial charge >= 0.3 is 0 Å². The van der Waals surface area contributed by atoms with Gasteiger partial charge in [-0.2, -0.15) is 0 Å². The molecular weight excluding hydrogens is 382 g/mol. The lowest BCUT2D eigenvalue weighted by Crippen LogP contribution is -2.24. The number of anilines is 2. The van der Waals surface area contributed by atoms with Crippen LogP contribution in [0.15, 0.2) is 30.3 Å². The van der Waals surface area contributed by atoms with Crippen molar-refractivity contribution < 1.29 is 9.59 Å². The molecular formula is C18H17N5O2S2. The van der Waals surface area contributed by atoms with Crippen molar-refractivity contribution in [1.82, 2.24) is 15.2 Å². The summed E-state index contributed by atoms with van der Waals surface area (Å²) in [5.41, 5.74) is 1.33. The fourth-order valence-corrected chi connectivity index (χ4v) is 4.68. The molecule has 1 aliphatic carbocycles. The zero-order valence-corrected chi connectivity index (χ0v) is 16.2. The summed E-state index contributed by atoms with van der Waals surface area (Å²) in [6, 6.07) is 9.00. The van der Waals surface area contributed by atoms with E-state index in [9.17, 15) is 9.59 Å². The topological polar surface area (TPSA) is 96.9 Å². The van der Waals surface area contributed by atoms with Gasteiger partial charge in [-0.25, -0.2) is 4.98 Å². The number of aromatic nitrogens is 3. The first-order chi connectivity index (χ1) is 13.1. The molecule has 2 amide bonds. The zero-order valence-electron chi connectivity index (χ0n) is 14.6. The van der Waals surface area contributed by atoms with Gasteiger partial charge in [-0.3, -0.25) is 20.2 Å². The molecule has 9 heteroatoms. The van der Waals surface area contributed by atoms with Gasteiger partial charge in [0, 0.05) is 10.4 Å². The van der Waals surface area contributed by atoms with E-state index >= 15 is 0 Å². The molecule has 4 rings (SSSR count). The lowest BCUT2D eigenvalue weighted by Gasteiger charge is -2.19. The van der Waals surface area contributed by atoms with Crippen LogP contribution in [0.2, 0.25) is 0 Å². The molecule has 1 aromatic carbocycles. The second kappa shape index (κ2) is 7.53. The van der Waals surface area contributed by atoms with Crippen molar-refractivity contribution in [3.8, 4) is 0 Å². The van der Waals surface area contributed by atoms with E-state index in [1.54, 1.807) is 12.1 Å².